The quantitative estimate of drug-likeness (QED) is 0.830. The van der Waals surface area contributed by atoms with Gasteiger partial charge in [-0.15, -0.1) is 0 Å². The standard InChI is InChI=1S/C17H30N2O4/c1-17(2,3)23-16(22)18-13-8-12(9-15(20)21)10-19(11-13)14-6-4-5-7-14/h12-14H,4-11H2,1-3H3,(H,18,22)(H,20,21). The fourth-order valence-electron chi connectivity index (χ4n) is 3.78. The molecule has 1 aliphatic heterocycles. The predicted octanol–water partition coefficient (Wildman–Crippen LogP) is 2.62. The normalized spacial score (nSPS) is 26.9. The summed E-state index contributed by atoms with van der Waals surface area (Å²) in [5.41, 5.74) is -0.523. The van der Waals surface area contributed by atoms with E-state index < -0.39 is 17.7 Å². The number of nitrogens with zero attached hydrogens (tertiary/aromatic N) is 1. The van der Waals surface area contributed by atoms with Gasteiger partial charge in [0.1, 0.15) is 5.60 Å². The number of rotatable bonds is 4. The lowest BCUT2D eigenvalue weighted by atomic mass is 9.90. The third kappa shape index (κ3) is 6.01. The third-order valence-corrected chi connectivity index (χ3v) is 4.59. The number of alkyl carbamates (subject to hydrolysis) is 1. The van der Waals surface area contributed by atoms with Gasteiger partial charge in [-0.3, -0.25) is 9.69 Å². The van der Waals surface area contributed by atoms with Gasteiger partial charge in [-0.25, -0.2) is 4.79 Å². The average molecular weight is 326 g/mol. The first-order valence-corrected chi connectivity index (χ1v) is 8.68. The maximum Gasteiger partial charge on any atom is 0.407 e. The van der Waals surface area contributed by atoms with Crippen LogP contribution < -0.4 is 5.32 Å². The van der Waals surface area contributed by atoms with Crippen molar-refractivity contribution < 1.29 is 19.4 Å². The zero-order valence-corrected chi connectivity index (χ0v) is 14.5. The lowest BCUT2D eigenvalue weighted by Gasteiger charge is -2.41. The Morgan fingerprint density at radius 2 is 1.87 bits per heavy atom. The fraction of sp³-hybridized carbons (Fsp3) is 0.882. The van der Waals surface area contributed by atoms with Gasteiger partial charge >= 0.3 is 12.1 Å². The first-order chi connectivity index (χ1) is 10.7. The molecule has 0 aromatic heterocycles. The van der Waals surface area contributed by atoms with Crippen LogP contribution in [0.2, 0.25) is 0 Å². The van der Waals surface area contributed by atoms with E-state index in [1.165, 1.54) is 25.7 Å². The van der Waals surface area contributed by atoms with Crippen LogP contribution in [0.15, 0.2) is 0 Å². The molecule has 132 valence electrons. The van der Waals surface area contributed by atoms with E-state index in [1.807, 2.05) is 20.8 Å². The van der Waals surface area contributed by atoms with Crippen LogP contribution in [0.25, 0.3) is 0 Å². The van der Waals surface area contributed by atoms with Crippen molar-refractivity contribution in [3.63, 3.8) is 0 Å². The highest BCUT2D eigenvalue weighted by atomic mass is 16.6. The van der Waals surface area contributed by atoms with Crippen LogP contribution in [0.1, 0.15) is 59.3 Å². The molecule has 0 aromatic rings. The van der Waals surface area contributed by atoms with E-state index in [1.54, 1.807) is 0 Å². The Bertz CT molecular complexity index is 427. The van der Waals surface area contributed by atoms with E-state index in [9.17, 15) is 9.59 Å². The maximum absolute atomic E-state index is 12.0. The van der Waals surface area contributed by atoms with Crippen molar-refractivity contribution in [3.8, 4) is 0 Å². The van der Waals surface area contributed by atoms with Crippen LogP contribution in [0.4, 0.5) is 4.79 Å². The number of carboxylic acids is 1. The van der Waals surface area contributed by atoms with Crippen molar-refractivity contribution in [2.24, 2.45) is 5.92 Å². The first-order valence-electron chi connectivity index (χ1n) is 8.68. The van der Waals surface area contributed by atoms with E-state index in [2.05, 4.69) is 10.2 Å². The molecule has 1 saturated heterocycles. The lowest BCUT2D eigenvalue weighted by molar-refractivity contribution is -0.138. The number of aliphatic carboxylic acids is 1. The Labute approximate surface area is 138 Å². The Kier molecular flexibility index (Phi) is 5.89. The summed E-state index contributed by atoms with van der Waals surface area (Å²) in [5.74, 6) is -0.680. The minimum atomic E-state index is -0.765. The van der Waals surface area contributed by atoms with E-state index in [-0.39, 0.29) is 18.4 Å². The topological polar surface area (TPSA) is 78.9 Å². The number of ether oxygens (including phenoxy) is 1. The summed E-state index contributed by atoms with van der Waals surface area (Å²) >= 11 is 0. The number of carbonyl (C=O) groups is 2. The van der Waals surface area contributed by atoms with Gasteiger partial charge in [0.2, 0.25) is 0 Å². The van der Waals surface area contributed by atoms with E-state index in [4.69, 9.17) is 9.84 Å². The molecule has 2 N–H and O–H groups in total. The number of piperidine rings is 1. The van der Waals surface area contributed by atoms with Gasteiger partial charge in [0.25, 0.3) is 0 Å². The third-order valence-electron chi connectivity index (χ3n) is 4.59. The predicted molar refractivity (Wildman–Crippen MR) is 87.3 cm³/mol. The summed E-state index contributed by atoms with van der Waals surface area (Å²) in [4.78, 5) is 25.5. The summed E-state index contributed by atoms with van der Waals surface area (Å²) in [5, 5.41) is 12.0. The van der Waals surface area contributed by atoms with E-state index in [0.29, 0.717) is 12.5 Å². The first kappa shape index (κ1) is 18.0. The number of likely N-dealkylation sites (tertiary alicyclic amines) is 1. The highest BCUT2D eigenvalue weighted by Gasteiger charge is 2.34. The van der Waals surface area contributed by atoms with Gasteiger partial charge < -0.3 is 15.2 Å². The molecule has 1 aliphatic carbocycles. The van der Waals surface area contributed by atoms with Gasteiger partial charge in [-0.1, -0.05) is 12.8 Å². The molecule has 0 spiro atoms. The van der Waals surface area contributed by atoms with Gasteiger partial charge in [-0.05, 0) is 46.0 Å². The van der Waals surface area contributed by atoms with Crippen LogP contribution in [-0.4, -0.2) is 52.8 Å². The Balaban J connectivity index is 1.96. The molecule has 2 fully saturated rings. The van der Waals surface area contributed by atoms with Gasteiger partial charge in [-0.2, -0.15) is 0 Å². The summed E-state index contributed by atoms with van der Waals surface area (Å²) in [7, 11) is 0. The molecule has 6 heteroatoms. The zero-order valence-electron chi connectivity index (χ0n) is 14.5. The van der Waals surface area contributed by atoms with Crippen molar-refractivity contribution in [2.45, 2.75) is 77.0 Å². The highest BCUT2D eigenvalue weighted by molar-refractivity contribution is 5.68. The summed E-state index contributed by atoms with van der Waals surface area (Å²) in [6, 6.07) is 0.498. The van der Waals surface area contributed by atoms with E-state index in [0.717, 1.165) is 13.1 Å². The molecule has 23 heavy (non-hydrogen) atoms. The lowest BCUT2D eigenvalue weighted by Crippen LogP contribution is -2.54. The Morgan fingerprint density at radius 3 is 2.43 bits per heavy atom. The molecular weight excluding hydrogens is 296 g/mol. The second kappa shape index (κ2) is 7.51. The number of nitrogens with one attached hydrogen (secondary N) is 1. The molecule has 1 saturated carbocycles. The van der Waals surface area contributed by atoms with Crippen LogP contribution in [0.3, 0.4) is 0 Å². The molecule has 1 heterocycles. The van der Waals surface area contributed by atoms with Crippen LogP contribution in [0.5, 0.6) is 0 Å². The van der Waals surface area contributed by atoms with Crippen molar-refractivity contribution in [1.29, 1.82) is 0 Å². The Morgan fingerprint density at radius 1 is 1.22 bits per heavy atom. The molecule has 1 amide bonds. The van der Waals surface area contributed by atoms with Crippen molar-refractivity contribution in [3.05, 3.63) is 0 Å². The average Bonchev–Trinajstić information content (AvgIpc) is 2.88. The zero-order chi connectivity index (χ0) is 17.0. The summed E-state index contributed by atoms with van der Waals surface area (Å²) in [6.45, 7) is 7.13. The minimum absolute atomic E-state index is 0.0384. The summed E-state index contributed by atoms with van der Waals surface area (Å²) in [6.07, 6.45) is 5.30. The number of amides is 1. The highest BCUT2D eigenvalue weighted by Crippen LogP contribution is 2.29. The maximum atomic E-state index is 12.0. The molecule has 2 rings (SSSR count). The SMILES string of the molecule is CC(C)(C)OC(=O)NC1CC(CC(=O)O)CN(C2CCCC2)C1. The number of carboxylic acid groups (broad SMARTS) is 1. The second-order valence-electron chi connectivity index (χ2n) is 7.93. The van der Waals surface area contributed by atoms with Crippen LogP contribution in [0, 0.1) is 5.92 Å². The van der Waals surface area contributed by atoms with Gasteiger partial charge in [0.15, 0.2) is 0 Å². The molecule has 2 aliphatic rings. The van der Waals surface area contributed by atoms with Gasteiger partial charge in [0, 0.05) is 31.6 Å². The molecule has 2 unspecified atom stereocenters. The number of carbonyl (C=O) groups excluding carboxylic acids is 1. The van der Waals surface area contributed by atoms with Crippen molar-refractivity contribution >= 4 is 12.1 Å². The Hall–Kier alpha value is -1.30. The van der Waals surface area contributed by atoms with Crippen molar-refractivity contribution in [2.75, 3.05) is 13.1 Å². The number of hydrogen-bond donors (Lipinski definition) is 2. The fourth-order valence-corrected chi connectivity index (χ4v) is 3.78. The second-order valence-corrected chi connectivity index (χ2v) is 7.93. The molecule has 6 nitrogen and oxygen atoms in total. The molecule has 0 aromatic carbocycles. The molecule has 0 bridgehead atoms. The van der Waals surface area contributed by atoms with Crippen LogP contribution in [-0.2, 0) is 9.53 Å². The summed E-state index contributed by atoms with van der Waals surface area (Å²) < 4.78 is 5.33. The van der Waals surface area contributed by atoms with Crippen LogP contribution >= 0.6 is 0 Å². The van der Waals surface area contributed by atoms with Gasteiger partial charge in [0.05, 0.1) is 0 Å². The number of hydrogen-bond acceptors (Lipinski definition) is 4. The monoisotopic (exact) mass is 326 g/mol. The van der Waals surface area contributed by atoms with E-state index >= 15 is 0 Å². The largest absolute Gasteiger partial charge is 0.481 e. The minimum Gasteiger partial charge on any atom is -0.481 e. The molecule has 2 atom stereocenters. The van der Waals surface area contributed by atoms with Crippen molar-refractivity contribution in [1.82, 2.24) is 10.2 Å². The molecular formula is C17H30N2O4. The smallest absolute Gasteiger partial charge is 0.407 e. The molecule has 0 radical (unpaired) electrons.